The van der Waals surface area contributed by atoms with E-state index in [0.29, 0.717) is 5.75 Å². The van der Waals surface area contributed by atoms with Crippen molar-refractivity contribution in [2.75, 3.05) is 12.9 Å². The molecule has 2 aromatic heterocycles. The zero-order valence-electron chi connectivity index (χ0n) is 13.3. The van der Waals surface area contributed by atoms with Gasteiger partial charge in [0.2, 0.25) is 0 Å². The lowest BCUT2D eigenvalue weighted by Gasteiger charge is -2.20. The summed E-state index contributed by atoms with van der Waals surface area (Å²) in [6, 6.07) is 12.3. The van der Waals surface area contributed by atoms with Gasteiger partial charge in [0.1, 0.15) is 5.75 Å². The number of methoxy groups -OCH3 is 1. The summed E-state index contributed by atoms with van der Waals surface area (Å²) in [6.07, 6.45) is 2.56. The van der Waals surface area contributed by atoms with Crippen LogP contribution in [-0.4, -0.2) is 21.3 Å². The third-order valence-electron chi connectivity index (χ3n) is 4.49. The van der Waals surface area contributed by atoms with Crippen LogP contribution in [0.15, 0.2) is 36.4 Å². The number of fused-ring (bicyclic) bond motifs is 1. The molecule has 0 radical (unpaired) electrons. The summed E-state index contributed by atoms with van der Waals surface area (Å²) in [7, 11) is -1.31. The maximum absolute atomic E-state index is 12.3. The highest BCUT2D eigenvalue weighted by atomic mass is 32.2. The van der Waals surface area contributed by atoms with Crippen molar-refractivity contribution in [2.45, 2.75) is 24.5 Å². The van der Waals surface area contributed by atoms with E-state index in [1.807, 2.05) is 18.2 Å². The quantitative estimate of drug-likeness (QED) is 0.623. The van der Waals surface area contributed by atoms with Crippen molar-refractivity contribution < 1.29 is 13.2 Å². The fraction of sp³-hybridized carbons (Fsp3) is 0.333. The molecular formula is C18H18O3S3. The highest BCUT2D eigenvalue weighted by Gasteiger charge is 2.31. The van der Waals surface area contributed by atoms with Gasteiger partial charge in [0.05, 0.1) is 18.1 Å². The first-order valence-electron chi connectivity index (χ1n) is 7.96. The molecule has 1 aliphatic rings. The number of benzene rings is 1. The molecule has 1 fully saturated rings. The van der Waals surface area contributed by atoms with Gasteiger partial charge in [-0.25, -0.2) is 8.42 Å². The van der Waals surface area contributed by atoms with E-state index < -0.39 is 9.84 Å². The molecule has 4 rings (SSSR count). The van der Waals surface area contributed by atoms with Crippen LogP contribution in [0, 0.1) is 0 Å². The van der Waals surface area contributed by atoms with Crippen LogP contribution >= 0.6 is 22.7 Å². The van der Waals surface area contributed by atoms with Crippen molar-refractivity contribution in [3.63, 3.8) is 0 Å². The maximum Gasteiger partial charge on any atom is 0.158 e. The molecule has 1 atom stereocenters. The van der Waals surface area contributed by atoms with Gasteiger partial charge in [-0.15, -0.1) is 22.7 Å². The van der Waals surface area contributed by atoms with Gasteiger partial charge < -0.3 is 4.74 Å². The van der Waals surface area contributed by atoms with Gasteiger partial charge in [0, 0.05) is 19.3 Å². The number of rotatable bonds is 3. The molecule has 3 aromatic rings. The van der Waals surface area contributed by atoms with Crippen molar-refractivity contribution in [1.82, 2.24) is 0 Å². The molecule has 3 heterocycles. The van der Waals surface area contributed by atoms with E-state index in [1.165, 1.54) is 15.0 Å². The molecule has 3 nitrogen and oxygen atoms in total. The lowest BCUT2D eigenvalue weighted by molar-refractivity contribution is 0.415. The maximum atomic E-state index is 12.3. The van der Waals surface area contributed by atoms with Crippen LogP contribution in [-0.2, 0) is 9.84 Å². The molecule has 126 valence electrons. The third kappa shape index (κ3) is 2.87. The Morgan fingerprint density at radius 2 is 1.92 bits per heavy atom. The number of hydrogen-bond acceptors (Lipinski definition) is 5. The van der Waals surface area contributed by atoms with Crippen LogP contribution in [0.5, 0.6) is 5.75 Å². The molecule has 0 saturated carbocycles. The summed E-state index contributed by atoms with van der Waals surface area (Å²) in [5, 5.41) is 0.885. The summed E-state index contributed by atoms with van der Waals surface area (Å²) in [6.45, 7) is 0. The lowest BCUT2D eigenvalue weighted by atomic mass is 10.1. The van der Waals surface area contributed by atoms with Gasteiger partial charge in [-0.3, -0.25) is 0 Å². The molecular weight excluding hydrogens is 360 g/mol. The monoisotopic (exact) mass is 378 g/mol. The second kappa shape index (κ2) is 6.17. The van der Waals surface area contributed by atoms with Gasteiger partial charge in [-0.05, 0) is 54.6 Å². The first-order chi connectivity index (χ1) is 11.6. The van der Waals surface area contributed by atoms with E-state index in [4.69, 9.17) is 4.74 Å². The minimum absolute atomic E-state index is 0.306. The minimum Gasteiger partial charge on any atom is -0.497 e. The molecule has 0 bridgehead atoms. The Bertz CT molecular complexity index is 982. The molecule has 0 aliphatic carbocycles. The topological polar surface area (TPSA) is 43.4 Å². The zero-order valence-corrected chi connectivity index (χ0v) is 15.8. The molecule has 24 heavy (non-hydrogen) atoms. The van der Waals surface area contributed by atoms with Gasteiger partial charge in [-0.1, -0.05) is 6.42 Å². The van der Waals surface area contributed by atoms with Crippen molar-refractivity contribution in [3.8, 4) is 15.5 Å². The summed E-state index contributed by atoms with van der Waals surface area (Å²) in [5.41, 5.74) is 0. The summed E-state index contributed by atoms with van der Waals surface area (Å²) in [5.74, 6) is 1.18. The van der Waals surface area contributed by atoms with Gasteiger partial charge in [0.15, 0.2) is 9.84 Å². The Balaban J connectivity index is 1.69. The third-order valence-corrected chi connectivity index (χ3v) is 9.35. The van der Waals surface area contributed by atoms with E-state index in [9.17, 15) is 8.42 Å². The van der Waals surface area contributed by atoms with E-state index >= 15 is 0 Å². The Morgan fingerprint density at radius 3 is 2.71 bits per heavy atom. The van der Waals surface area contributed by atoms with Crippen molar-refractivity contribution in [3.05, 3.63) is 41.3 Å². The Kier molecular flexibility index (Phi) is 4.14. The number of thiophene rings is 2. The smallest absolute Gasteiger partial charge is 0.158 e. The average Bonchev–Trinajstić information content (AvgIpc) is 3.20. The van der Waals surface area contributed by atoms with E-state index in [0.717, 1.165) is 34.8 Å². The Morgan fingerprint density at radius 1 is 1.04 bits per heavy atom. The van der Waals surface area contributed by atoms with Crippen LogP contribution in [0.1, 0.15) is 29.4 Å². The molecule has 1 unspecified atom stereocenters. The number of hydrogen-bond donors (Lipinski definition) is 0. The fourth-order valence-corrected chi connectivity index (χ4v) is 7.82. The highest BCUT2D eigenvalue weighted by Crippen LogP contribution is 2.43. The van der Waals surface area contributed by atoms with Gasteiger partial charge in [-0.2, -0.15) is 0 Å². The molecule has 0 N–H and O–H groups in total. The Labute approximate surface area is 149 Å². The van der Waals surface area contributed by atoms with Crippen LogP contribution in [0.2, 0.25) is 0 Å². The number of sulfone groups is 1. The lowest BCUT2D eigenvalue weighted by Crippen LogP contribution is -2.20. The van der Waals surface area contributed by atoms with Gasteiger partial charge in [0.25, 0.3) is 0 Å². The first kappa shape index (κ1) is 16.1. The largest absolute Gasteiger partial charge is 0.497 e. The van der Waals surface area contributed by atoms with E-state index in [-0.39, 0.29) is 5.25 Å². The molecule has 1 aliphatic heterocycles. The van der Waals surface area contributed by atoms with Crippen molar-refractivity contribution in [1.29, 1.82) is 0 Å². The summed E-state index contributed by atoms with van der Waals surface area (Å²) >= 11 is 3.34. The average molecular weight is 379 g/mol. The standard InChI is InChI=1S/C18H18O3S3/c1-21-13-6-5-12-10-17(23-16(12)11-13)14-7-8-15(22-14)18-4-2-3-9-24(18,19)20/h5-8,10-11,18H,2-4,9H2,1H3. The van der Waals surface area contributed by atoms with Crippen LogP contribution in [0.25, 0.3) is 19.8 Å². The van der Waals surface area contributed by atoms with Crippen LogP contribution < -0.4 is 4.74 Å². The second-order valence-electron chi connectivity index (χ2n) is 6.07. The zero-order chi connectivity index (χ0) is 16.7. The summed E-state index contributed by atoms with van der Waals surface area (Å²) in [4.78, 5) is 3.31. The molecule has 0 amide bonds. The molecule has 1 aromatic carbocycles. The molecule has 1 saturated heterocycles. The van der Waals surface area contributed by atoms with Crippen LogP contribution in [0.3, 0.4) is 0 Å². The van der Waals surface area contributed by atoms with E-state index in [1.54, 1.807) is 29.8 Å². The van der Waals surface area contributed by atoms with Crippen LogP contribution in [0.4, 0.5) is 0 Å². The Hall–Kier alpha value is -1.37. The molecule has 6 heteroatoms. The number of ether oxygens (including phenoxy) is 1. The molecule has 0 spiro atoms. The van der Waals surface area contributed by atoms with Gasteiger partial charge >= 0.3 is 0 Å². The minimum atomic E-state index is -2.98. The second-order valence-corrected chi connectivity index (χ2v) is 10.6. The normalized spacial score (nSPS) is 20.3. The predicted octanol–water partition coefficient (Wildman–Crippen LogP) is 5.28. The van der Waals surface area contributed by atoms with Crippen molar-refractivity contribution >= 4 is 42.6 Å². The van der Waals surface area contributed by atoms with E-state index in [2.05, 4.69) is 18.2 Å². The predicted molar refractivity (Wildman–Crippen MR) is 102 cm³/mol. The highest BCUT2D eigenvalue weighted by molar-refractivity contribution is 7.91. The first-order valence-corrected chi connectivity index (χ1v) is 11.3. The van der Waals surface area contributed by atoms with Crippen molar-refractivity contribution in [2.24, 2.45) is 0 Å². The SMILES string of the molecule is COc1ccc2cc(-c3ccc(C4CCCCS4(=O)=O)s3)sc2c1. The summed E-state index contributed by atoms with van der Waals surface area (Å²) < 4.78 is 31.1. The fourth-order valence-electron chi connectivity index (χ4n) is 3.19.